The molecule has 6 rings (SSSR count). The fourth-order valence-corrected chi connectivity index (χ4v) is 4.57. The van der Waals surface area contributed by atoms with Crippen LogP contribution < -0.4 is 5.56 Å². The van der Waals surface area contributed by atoms with Crippen LogP contribution in [0.15, 0.2) is 27.8 Å². The number of hydrogen-bond donors (Lipinski definition) is 1. The minimum atomic E-state index is -1.09. The Morgan fingerprint density at radius 1 is 1.21 bits per heavy atom. The number of morpholine rings is 1. The first-order valence-electron chi connectivity index (χ1n) is 11.0. The Hall–Kier alpha value is -3.30. The van der Waals surface area contributed by atoms with Gasteiger partial charge in [-0.2, -0.15) is 10.2 Å². The maximum absolute atomic E-state index is 13.8. The van der Waals surface area contributed by atoms with Crippen LogP contribution in [0, 0.1) is 11.3 Å². The molecule has 4 heterocycles. The molecule has 3 aromatic heterocycles. The predicted octanol–water partition coefficient (Wildman–Crippen LogP) is 1.54. The summed E-state index contributed by atoms with van der Waals surface area (Å²) in [6.45, 7) is 3.78. The molecule has 1 saturated heterocycles. The second-order valence-corrected chi connectivity index (χ2v) is 8.99. The number of ether oxygens (including phenoxy) is 1. The second kappa shape index (κ2) is 7.89. The van der Waals surface area contributed by atoms with Crippen LogP contribution in [0.1, 0.15) is 24.3 Å². The minimum Gasteiger partial charge on any atom is -0.380 e. The molecule has 2 aliphatic rings. The highest BCUT2D eigenvalue weighted by molar-refractivity contribution is 6.32. The summed E-state index contributed by atoms with van der Waals surface area (Å²) in [5.74, 6) is 0.249. The average molecular weight is 482 g/mol. The SMILES string of the molecule is N#Cc1c(Cl)ccc2c1n(CCN1CCOCC1)c(=O)c1c(-c3noc(C4(O)CC4)n3)ncn12. The van der Waals surface area contributed by atoms with Gasteiger partial charge in [0.25, 0.3) is 11.4 Å². The lowest BCUT2D eigenvalue weighted by Gasteiger charge is -2.27. The lowest BCUT2D eigenvalue weighted by Crippen LogP contribution is -2.39. The van der Waals surface area contributed by atoms with E-state index < -0.39 is 5.60 Å². The maximum atomic E-state index is 13.8. The molecule has 0 spiro atoms. The van der Waals surface area contributed by atoms with Crippen molar-refractivity contribution in [1.29, 1.82) is 5.26 Å². The molecule has 0 amide bonds. The van der Waals surface area contributed by atoms with Crippen LogP contribution in [-0.4, -0.2) is 66.9 Å². The highest BCUT2D eigenvalue weighted by Gasteiger charge is 2.48. The number of fused-ring (bicyclic) bond motifs is 3. The highest BCUT2D eigenvalue weighted by Crippen LogP contribution is 2.44. The molecule has 0 atom stereocenters. The van der Waals surface area contributed by atoms with E-state index in [4.69, 9.17) is 20.9 Å². The number of halogens is 1. The van der Waals surface area contributed by atoms with Crippen molar-refractivity contribution >= 4 is 28.2 Å². The molecule has 1 aromatic carbocycles. The van der Waals surface area contributed by atoms with E-state index in [0.717, 1.165) is 13.1 Å². The van der Waals surface area contributed by atoms with Crippen molar-refractivity contribution in [2.24, 2.45) is 0 Å². The van der Waals surface area contributed by atoms with E-state index in [0.29, 0.717) is 50.2 Å². The summed E-state index contributed by atoms with van der Waals surface area (Å²) in [5, 5.41) is 24.4. The summed E-state index contributed by atoms with van der Waals surface area (Å²) in [6, 6.07) is 5.54. The molecule has 34 heavy (non-hydrogen) atoms. The van der Waals surface area contributed by atoms with Crippen molar-refractivity contribution < 1.29 is 14.4 Å². The van der Waals surface area contributed by atoms with Crippen LogP contribution in [-0.2, 0) is 16.9 Å². The van der Waals surface area contributed by atoms with Crippen LogP contribution in [0.3, 0.4) is 0 Å². The van der Waals surface area contributed by atoms with Crippen LogP contribution in [0.5, 0.6) is 0 Å². The van der Waals surface area contributed by atoms with E-state index in [2.05, 4.69) is 26.1 Å². The molecule has 12 heteroatoms. The van der Waals surface area contributed by atoms with E-state index in [1.807, 2.05) is 0 Å². The largest absolute Gasteiger partial charge is 0.380 e. The quantitative estimate of drug-likeness (QED) is 0.450. The van der Waals surface area contributed by atoms with Crippen molar-refractivity contribution in [2.75, 3.05) is 32.8 Å². The Labute approximate surface area is 197 Å². The summed E-state index contributed by atoms with van der Waals surface area (Å²) >= 11 is 6.33. The lowest BCUT2D eigenvalue weighted by molar-refractivity contribution is 0.0364. The van der Waals surface area contributed by atoms with Crippen LogP contribution in [0.25, 0.3) is 28.1 Å². The van der Waals surface area contributed by atoms with E-state index in [-0.39, 0.29) is 39.1 Å². The molecule has 0 radical (unpaired) electrons. The van der Waals surface area contributed by atoms with Crippen molar-refractivity contribution in [1.82, 2.24) is 29.0 Å². The van der Waals surface area contributed by atoms with Crippen molar-refractivity contribution in [2.45, 2.75) is 25.0 Å². The fraction of sp³-hybridized carbons (Fsp3) is 0.409. The molecule has 174 valence electrons. The van der Waals surface area contributed by atoms with Gasteiger partial charge in [0.15, 0.2) is 0 Å². The van der Waals surface area contributed by atoms with Gasteiger partial charge in [-0.05, 0) is 25.0 Å². The third kappa shape index (κ3) is 3.30. The molecular weight excluding hydrogens is 462 g/mol. The summed E-state index contributed by atoms with van der Waals surface area (Å²) in [5.41, 5.74) is 0.364. The molecule has 1 aliphatic heterocycles. The third-order valence-electron chi connectivity index (χ3n) is 6.47. The molecule has 11 nitrogen and oxygen atoms in total. The van der Waals surface area contributed by atoms with Crippen molar-refractivity contribution in [3.63, 3.8) is 0 Å². The van der Waals surface area contributed by atoms with Gasteiger partial charge in [-0.1, -0.05) is 16.8 Å². The van der Waals surface area contributed by atoms with E-state index in [9.17, 15) is 15.2 Å². The molecule has 0 unspecified atom stereocenters. The standard InChI is InChI=1S/C22H20ClN7O4/c23-14-1-2-15-17(13(14)11-24)29(6-5-28-7-9-33-10-8-28)20(31)18-16(25-12-30(15)18)19-26-21(34-27-19)22(32)3-4-22/h1-2,12,32H,3-10H2. The summed E-state index contributed by atoms with van der Waals surface area (Å²) in [6.07, 6.45) is 2.60. The van der Waals surface area contributed by atoms with Gasteiger partial charge in [0.2, 0.25) is 5.82 Å². The van der Waals surface area contributed by atoms with Gasteiger partial charge in [-0.3, -0.25) is 14.1 Å². The van der Waals surface area contributed by atoms with Crippen LogP contribution in [0.2, 0.25) is 5.02 Å². The molecule has 1 saturated carbocycles. The van der Waals surface area contributed by atoms with Crippen molar-refractivity contribution in [3.8, 4) is 17.6 Å². The number of rotatable bonds is 5. The fourth-order valence-electron chi connectivity index (χ4n) is 4.38. The summed E-state index contributed by atoms with van der Waals surface area (Å²) < 4.78 is 13.9. The molecule has 4 aromatic rings. The third-order valence-corrected chi connectivity index (χ3v) is 6.78. The molecular formula is C22H20ClN7O4. The van der Waals surface area contributed by atoms with Gasteiger partial charge >= 0.3 is 0 Å². The number of imidazole rings is 1. The van der Waals surface area contributed by atoms with Crippen LogP contribution in [0.4, 0.5) is 0 Å². The van der Waals surface area contributed by atoms with E-state index in [1.54, 1.807) is 21.1 Å². The Morgan fingerprint density at radius 3 is 2.74 bits per heavy atom. The summed E-state index contributed by atoms with van der Waals surface area (Å²) in [7, 11) is 0. The Morgan fingerprint density at radius 2 is 2.00 bits per heavy atom. The van der Waals surface area contributed by atoms with Gasteiger partial charge in [-0.25, -0.2) is 4.98 Å². The smallest absolute Gasteiger partial charge is 0.277 e. The number of hydrogen-bond acceptors (Lipinski definition) is 9. The average Bonchev–Trinajstić information content (AvgIpc) is 3.25. The Balaban J connectivity index is 1.55. The van der Waals surface area contributed by atoms with Crippen molar-refractivity contribution in [3.05, 3.63) is 45.3 Å². The topological polar surface area (TPSA) is 135 Å². The number of aliphatic hydroxyl groups is 1. The first kappa shape index (κ1) is 21.2. The first-order chi connectivity index (χ1) is 16.5. The molecule has 1 aliphatic carbocycles. The van der Waals surface area contributed by atoms with Gasteiger partial charge < -0.3 is 18.9 Å². The number of nitrogens with zero attached hydrogens (tertiary/aromatic N) is 7. The Kier molecular flexibility index (Phi) is 4.93. The second-order valence-electron chi connectivity index (χ2n) is 8.58. The minimum absolute atomic E-state index is 0.121. The predicted molar refractivity (Wildman–Crippen MR) is 120 cm³/mol. The van der Waals surface area contributed by atoms with E-state index >= 15 is 0 Å². The first-order valence-corrected chi connectivity index (χ1v) is 11.4. The molecule has 2 fully saturated rings. The monoisotopic (exact) mass is 481 g/mol. The van der Waals surface area contributed by atoms with Gasteiger partial charge in [0, 0.05) is 26.2 Å². The number of aromatic nitrogens is 5. The normalized spacial score (nSPS) is 17.9. The van der Waals surface area contributed by atoms with E-state index in [1.165, 1.54) is 6.33 Å². The van der Waals surface area contributed by atoms with Gasteiger partial charge in [0.1, 0.15) is 29.2 Å². The Bertz CT molecular complexity index is 1520. The van der Waals surface area contributed by atoms with Gasteiger partial charge in [-0.15, -0.1) is 0 Å². The van der Waals surface area contributed by atoms with Crippen LogP contribution >= 0.6 is 11.6 Å². The zero-order valence-corrected chi connectivity index (χ0v) is 18.8. The number of nitriles is 1. The number of benzene rings is 1. The zero-order valence-electron chi connectivity index (χ0n) is 18.1. The molecule has 0 bridgehead atoms. The zero-order chi connectivity index (χ0) is 23.4. The van der Waals surface area contributed by atoms with Gasteiger partial charge in [0.05, 0.1) is 34.8 Å². The summed E-state index contributed by atoms with van der Waals surface area (Å²) in [4.78, 5) is 24.8. The molecule has 1 N–H and O–H groups in total. The maximum Gasteiger partial charge on any atom is 0.277 e. The highest BCUT2D eigenvalue weighted by atomic mass is 35.5. The lowest BCUT2D eigenvalue weighted by atomic mass is 10.1.